The molecule has 0 saturated heterocycles. The first-order valence-electron chi connectivity index (χ1n) is 5.66. The molecule has 0 aliphatic rings. The standard InChI is InChI=1S/C13H20N2O/c1-4-15(8-7-14)13(16)12-9-10(2)5-6-11(12)3/h5-6,9H,4,7-8,14H2,1-3H3. The maximum Gasteiger partial charge on any atom is 0.254 e. The molecule has 0 atom stereocenters. The van der Waals surface area contributed by atoms with Gasteiger partial charge in [0.25, 0.3) is 5.91 Å². The molecule has 0 aliphatic carbocycles. The first-order chi connectivity index (χ1) is 7.60. The van der Waals surface area contributed by atoms with Crippen molar-refractivity contribution in [1.82, 2.24) is 4.90 Å². The minimum absolute atomic E-state index is 0.0779. The molecular weight excluding hydrogens is 200 g/mol. The second kappa shape index (κ2) is 5.66. The molecule has 1 aromatic rings. The van der Waals surface area contributed by atoms with Crippen LogP contribution in [0.2, 0.25) is 0 Å². The highest BCUT2D eigenvalue weighted by Gasteiger charge is 2.15. The van der Waals surface area contributed by atoms with E-state index >= 15 is 0 Å². The van der Waals surface area contributed by atoms with E-state index in [2.05, 4.69) is 0 Å². The fourth-order valence-corrected chi connectivity index (χ4v) is 1.70. The summed E-state index contributed by atoms with van der Waals surface area (Å²) in [7, 11) is 0. The summed E-state index contributed by atoms with van der Waals surface area (Å²) >= 11 is 0. The molecule has 3 nitrogen and oxygen atoms in total. The zero-order chi connectivity index (χ0) is 12.1. The summed E-state index contributed by atoms with van der Waals surface area (Å²) in [6.45, 7) is 7.74. The molecule has 1 aromatic carbocycles. The third-order valence-corrected chi connectivity index (χ3v) is 2.69. The number of hydrogen-bond donors (Lipinski definition) is 1. The summed E-state index contributed by atoms with van der Waals surface area (Å²) in [5.74, 6) is 0.0779. The molecule has 2 N–H and O–H groups in total. The number of hydrogen-bond acceptors (Lipinski definition) is 2. The van der Waals surface area contributed by atoms with Crippen molar-refractivity contribution in [2.75, 3.05) is 19.6 Å². The zero-order valence-corrected chi connectivity index (χ0v) is 10.3. The van der Waals surface area contributed by atoms with Crippen molar-refractivity contribution in [2.45, 2.75) is 20.8 Å². The van der Waals surface area contributed by atoms with E-state index in [-0.39, 0.29) is 5.91 Å². The Kier molecular flexibility index (Phi) is 4.50. The van der Waals surface area contributed by atoms with E-state index in [1.165, 1.54) is 0 Å². The number of rotatable bonds is 4. The summed E-state index contributed by atoms with van der Waals surface area (Å²) in [5, 5.41) is 0. The average molecular weight is 220 g/mol. The molecule has 0 bridgehead atoms. The van der Waals surface area contributed by atoms with Gasteiger partial charge in [-0.3, -0.25) is 4.79 Å². The monoisotopic (exact) mass is 220 g/mol. The van der Waals surface area contributed by atoms with Gasteiger partial charge in [0.05, 0.1) is 0 Å². The van der Waals surface area contributed by atoms with Crippen molar-refractivity contribution in [1.29, 1.82) is 0 Å². The predicted octanol–water partition coefficient (Wildman–Crippen LogP) is 1.72. The zero-order valence-electron chi connectivity index (χ0n) is 10.3. The van der Waals surface area contributed by atoms with Gasteiger partial charge in [0.1, 0.15) is 0 Å². The number of amides is 1. The summed E-state index contributed by atoms with van der Waals surface area (Å²) in [6.07, 6.45) is 0. The van der Waals surface area contributed by atoms with Gasteiger partial charge < -0.3 is 10.6 Å². The van der Waals surface area contributed by atoms with Crippen LogP contribution in [-0.2, 0) is 0 Å². The number of carbonyl (C=O) groups excluding carboxylic acids is 1. The normalized spacial score (nSPS) is 10.2. The third-order valence-electron chi connectivity index (χ3n) is 2.69. The summed E-state index contributed by atoms with van der Waals surface area (Å²) in [6, 6.07) is 5.95. The lowest BCUT2D eigenvalue weighted by Crippen LogP contribution is -2.35. The molecule has 0 aromatic heterocycles. The van der Waals surface area contributed by atoms with Gasteiger partial charge in [-0.2, -0.15) is 0 Å². The van der Waals surface area contributed by atoms with Gasteiger partial charge in [-0.25, -0.2) is 0 Å². The van der Waals surface area contributed by atoms with Crippen LogP contribution in [0.25, 0.3) is 0 Å². The van der Waals surface area contributed by atoms with Gasteiger partial charge >= 0.3 is 0 Å². The second-order valence-electron chi connectivity index (χ2n) is 3.99. The molecule has 0 spiro atoms. The van der Waals surface area contributed by atoms with Gasteiger partial charge in [0.2, 0.25) is 0 Å². The van der Waals surface area contributed by atoms with Gasteiger partial charge in [0.15, 0.2) is 0 Å². The van der Waals surface area contributed by atoms with E-state index < -0.39 is 0 Å². The van der Waals surface area contributed by atoms with Crippen molar-refractivity contribution >= 4 is 5.91 Å². The Labute approximate surface area is 97.2 Å². The van der Waals surface area contributed by atoms with E-state index in [0.29, 0.717) is 19.6 Å². The first kappa shape index (κ1) is 12.7. The molecule has 88 valence electrons. The van der Waals surface area contributed by atoms with E-state index in [9.17, 15) is 4.79 Å². The van der Waals surface area contributed by atoms with Gasteiger partial charge in [0, 0.05) is 25.2 Å². The number of aryl methyl sites for hydroxylation is 2. The SMILES string of the molecule is CCN(CCN)C(=O)c1cc(C)ccc1C. The van der Waals surface area contributed by atoms with Crippen LogP contribution >= 0.6 is 0 Å². The van der Waals surface area contributed by atoms with Gasteiger partial charge in [-0.05, 0) is 32.4 Å². The van der Waals surface area contributed by atoms with Gasteiger partial charge in [-0.15, -0.1) is 0 Å². The molecule has 3 heteroatoms. The Bertz CT molecular complexity index is 374. The Morgan fingerprint density at radius 1 is 1.38 bits per heavy atom. The van der Waals surface area contributed by atoms with Crippen molar-refractivity contribution < 1.29 is 4.79 Å². The number of carbonyl (C=O) groups is 1. The lowest BCUT2D eigenvalue weighted by Gasteiger charge is -2.21. The fraction of sp³-hybridized carbons (Fsp3) is 0.462. The van der Waals surface area contributed by atoms with Crippen LogP contribution < -0.4 is 5.73 Å². The van der Waals surface area contributed by atoms with Crippen LogP contribution in [-0.4, -0.2) is 30.4 Å². The first-order valence-corrected chi connectivity index (χ1v) is 5.66. The van der Waals surface area contributed by atoms with Crippen molar-refractivity contribution in [3.05, 3.63) is 34.9 Å². The number of likely N-dealkylation sites (N-methyl/N-ethyl adjacent to an activating group) is 1. The van der Waals surface area contributed by atoms with E-state index in [0.717, 1.165) is 16.7 Å². The van der Waals surface area contributed by atoms with Crippen molar-refractivity contribution in [3.8, 4) is 0 Å². The number of nitrogens with zero attached hydrogens (tertiary/aromatic N) is 1. The average Bonchev–Trinajstić information content (AvgIpc) is 2.28. The molecule has 0 aliphatic heterocycles. The fourth-order valence-electron chi connectivity index (χ4n) is 1.70. The van der Waals surface area contributed by atoms with Crippen LogP contribution in [0.1, 0.15) is 28.4 Å². The van der Waals surface area contributed by atoms with Crippen molar-refractivity contribution in [3.63, 3.8) is 0 Å². The molecule has 1 amide bonds. The van der Waals surface area contributed by atoms with Crippen LogP contribution in [0.15, 0.2) is 18.2 Å². The largest absolute Gasteiger partial charge is 0.338 e. The van der Waals surface area contributed by atoms with Crippen LogP contribution in [0.3, 0.4) is 0 Å². The minimum Gasteiger partial charge on any atom is -0.338 e. The summed E-state index contributed by atoms with van der Waals surface area (Å²) in [5.41, 5.74) is 8.41. The number of nitrogens with two attached hydrogens (primary N) is 1. The van der Waals surface area contributed by atoms with Gasteiger partial charge in [-0.1, -0.05) is 17.7 Å². The Hall–Kier alpha value is -1.35. The number of benzene rings is 1. The second-order valence-corrected chi connectivity index (χ2v) is 3.99. The lowest BCUT2D eigenvalue weighted by molar-refractivity contribution is 0.0768. The smallest absolute Gasteiger partial charge is 0.254 e. The summed E-state index contributed by atoms with van der Waals surface area (Å²) < 4.78 is 0. The molecular formula is C13H20N2O. The Morgan fingerprint density at radius 3 is 2.62 bits per heavy atom. The Balaban J connectivity index is 2.98. The van der Waals surface area contributed by atoms with Crippen LogP contribution in [0.4, 0.5) is 0 Å². The Morgan fingerprint density at radius 2 is 2.06 bits per heavy atom. The molecule has 0 radical (unpaired) electrons. The van der Waals surface area contributed by atoms with Crippen LogP contribution in [0.5, 0.6) is 0 Å². The molecule has 0 saturated carbocycles. The van der Waals surface area contributed by atoms with Crippen LogP contribution in [0, 0.1) is 13.8 Å². The van der Waals surface area contributed by atoms with Crippen molar-refractivity contribution in [2.24, 2.45) is 5.73 Å². The van der Waals surface area contributed by atoms with E-state index in [4.69, 9.17) is 5.73 Å². The maximum absolute atomic E-state index is 12.2. The minimum atomic E-state index is 0.0779. The maximum atomic E-state index is 12.2. The predicted molar refractivity (Wildman–Crippen MR) is 66.5 cm³/mol. The topological polar surface area (TPSA) is 46.3 Å². The highest BCUT2D eigenvalue weighted by atomic mass is 16.2. The summed E-state index contributed by atoms with van der Waals surface area (Å²) in [4.78, 5) is 14.0. The molecule has 1 rings (SSSR count). The van der Waals surface area contributed by atoms with E-state index in [1.807, 2.05) is 39.0 Å². The highest BCUT2D eigenvalue weighted by Crippen LogP contribution is 2.13. The highest BCUT2D eigenvalue weighted by molar-refractivity contribution is 5.95. The quantitative estimate of drug-likeness (QED) is 0.840. The molecule has 16 heavy (non-hydrogen) atoms. The van der Waals surface area contributed by atoms with E-state index in [1.54, 1.807) is 4.90 Å². The molecule has 0 unspecified atom stereocenters. The molecule has 0 heterocycles. The molecule has 0 fully saturated rings. The lowest BCUT2D eigenvalue weighted by atomic mass is 10.0. The third kappa shape index (κ3) is 2.83.